The van der Waals surface area contributed by atoms with E-state index in [2.05, 4.69) is 14.9 Å². The van der Waals surface area contributed by atoms with E-state index in [0.717, 1.165) is 49.5 Å². The van der Waals surface area contributed by atoms with Crippen molar-refractivity contribution < 1.29 is 4.39 Å². The molecule has 1 fully saturated rings. The third-order valence-corrected chi connectivity index (χ3v) is 3.82. The fraction of sp³-hybridized carbons (Fsp3) is 0.500. The fourth-order valence-corrected chi connectivity index (χ4v) is 2.85. The minimum Gasteiger partial charge on any atom is -0.342 e. The lowest BCUT2D eigenvalue weighted by Gasteiger charge is -2.32. The lowest BCUT2D eigenvalue weighted by molar-refractivity contribution is 0.393. The molecule has 0 spiro atoms. The average Bonchev–Trinajstić information content (AvgIpc) is 2.82. The molecule has 1 aliphatic heterocycles. The molecule has 3 rings (SSSR count). The molecule has 5 heteroatoms. The van der Waals surface area contributed by atoms with Gasteiger partial charge in [0.2, 0.25) is 5.95 Å². The van der Waals surface area contributed by atoms with E-state index in [4.69, 9.17) is 5.73 Å². The molecule has 102 valence electrons. The number of hydrogen-bond acceptors (Lipinski definition) is 3. The van der Waals surface area contributed by atoms with Gasteiger partial charge in [0.1, 0.15) is 5.82 Å². The van der Waals surface area contributed by atoms with Gasteiger partial charge in [0.25, 0.3) is 0 Å². The molecule has 0 amide bonds. The maximum Gasteiger partial charge on any atom is 0.203 e. The van der Waals surface area contributed by atoms with E-state index in [1.165, 1.54) is 18.6 Å². The third-order valence-electron chi connectivity index (χ3n) is 3.82. The zero-order valence-electron chi connectivity index (χ0n) is 10.9. The van der Waals surface area contributed by atoms with Crippen molar-refractivity contribution in [2.24, 2.45) is 11.7 Å². The molecular weight excluding hydrogens is 243 g/mol. The van der Waals surface area contributed by atoms with Crippen molar-refractivity contribution in [3.8, 4) is 0 Å². The van der Waals surface area contributed by atoms with Gasteiger partial charge in [0.15, 0.2) is 0 Å². The van der Waals surface area contributed by atoms with Gasteiger partial charge in [-0.05, 0) is 49.9 Å². The summed E-state index contributed by atoms with van der Waals surface area (Å²) in [5, 5.41) is 0. The van der Waals surface area contributed by atoms with E-state index in [1.807, 2.05) is 0 Å². The first-order valence-electron chi connectivity index (χ1n) is 6.86. The maximum atomic E-state index is 13.2. The molecule has 2 heterocycles. The SMILES string of the molecule is NCCC1CCCN(c2nc3ccc(F)cc3[nH]2)C1. The molecule has 19 heavy (non-hydrogen) atoms. The number of rotatable bonds is 3. The van der Waals surface area contributed by atoms with Crippen LogP contribution in [0.15, 0.2) is 18.2 Å². The van der Waals surface area contributed by atoms with Crippen LogP contribution < -0.4 is 10.6 Å². The molecule has 1 unspecified atom stereocenters. The number of fused-ring (bicyclic) bond motifs is 1. The number of aromatic nitrogens is 2. The van der Waals surface area contributed by atoms with E-state index in [-0.39, 0.29) is 5.82 Å². The van der Waals surface area contributed by atoms with E-state index < -0.39 is 0 Å². The first-order chi connectivity index (χ1) is 9.26. The number of hydrogen-bond donors (Lipinski definition) is 2. The maximum absolute atomic E-state index is 13.2. The number of aromatic amines is 1. The van der Waals surface area contributed by atoms with E-state index in [9.17, 15) is 4.39 Å². The third kappa shape index (κ3) is 2.56. The predicted octanol–water partition coefficient (Wildman–Crippen LogP) is 2.27. The molecule has 0 saturated carbocycles. The number of piperidine rings is 1. The largest absolute Gasteiger partial charge is 0.342 e. The first-order valence-corrected chi connectivity index (χ1v) is 6.86. The Labute approximate surface area is 111 Å². The van der Waals surface area contributed by atoms with Crippen molar-refractivity contribution >= 4 is 17.0 Å². The Morgan fingerprint density at radius 2 is 2.37 bits per heavy atom. The smallest absolute Gasteiger partial charge is 0.203 e. The highest BCUT2D eigenvalue weighted by Gasteiger charge is 2.21. The number of benzene rings is 1. The highest BCUT2D eigenvalue weighted by Crippen LogP contribution is 2.25. The molecule has 0 radical (unpaired) electrons. The van der Waals surface area contributed by atoms with Crippen LogP contribution >= 0.6 is 0 Å². The number of H-pyrrole nitrogens is 1. The first kappa shape index (κ1) is 12.4. The van der Waals surface area contributed by atoms with Crippen LogP contribution in [-0.2, 0) is 0 Å². The van der Waals surface area contributed by atoms with Gasteiger partial charge in [0, 0.05) is 13.1 Å². The topological polar surface area (TPSA) is 57.9 Å². The van der Waals surface area contributed by atoms with Crippen LogP contribution in [0.2, 0.25) is 0 Å². The van der Waals surface area contributed by atoms with Gasteiger partial charge in [-0.15, -0.1) is 0 Å². The lowest BCUT2D eigenvalue weighted by atomic mass is 9.95. The van der Waals surface area contributed by atoms with Crippen molar-refractivity contribution in [2.45, 2.75) is 19.3 Å². The van der Waals surface area contributed by atoms with Gasteiger partial charge < -0.3 is 15.6 Å². The molecule has 1 saturated heterocycles. The predicted molar refractivity (Wildman–Crippen MR) is 74.7 cm³/mol. The monoisotopic (exact) mass is 262 g/mol. The number of imidazole rings is 1. The van der Waals surface area contributed by atoms with Crippen LogP contribution in [0.5, 0.6) is 0 Å². The molecule has 0 bridgehead atoms. The Balaban J connectivity index is 1.83. The van der Waals surface area contributed by atoms with Crippen molar-refractivity contribution in [3.05, 3.63) is 24.0 Å². The summed E-state index contributed by atoms with van der Waals surface area (Å²) >= 11 is 0. The minimum atomic E-state index is -0.234. The number of nitrogens with zero attached hydrogens (tertiary/aromatic N) is 2. The normalized spacial score (nSPS) is 20.1. The standard InChI is InChI=1S/C14H19FN4/c15-11-3-4-12-13(8-11)18-14(17-12)19-7-1-2-10(9-19)5-6-16/h3-4,8,10H,1-2,5-7,9,16H2,(H,17,18). The quantitative estimate of drug-likeness (QED) is 0.892. The number of halogens is 1. The molecule has 0 aliphatic carbocycles. The highest BCUT2D eigenvalue weighted by atomic mass is 19.1. The zero-order chi connectivity index (χ0) is 13.2. The van der Waals surface area contributed by atoms with Gasteiger partial charge in [-0.2, -0.15) is 0 Å². The van der Waals surface area contributed by atoms with Crippen LogP contribution in [0.25, 0.3) is 11.0 Å². The molecule has 1 aromatic carbocycles. The summed E-state index contributed by atoms with van der Waals surface area (Å²) in [4.78, 5) is 10.0. The minimum absolute atomic E-state index is 0.234. The Morgan fingerprint density at radius 3 is 3.21 bits per heavy atom. The summed E-state index contributed by atoms with van der Waals surface area (Å²) in [7, 11) is 0. The molecule has 2 aromatic rings. The van der Waals surface area contributed by atoms with Crippen LogP contribution in [0.3, 0.4) is 0 Å². The Kier molecular flexibility index (Phi) is 3.38. The molecule has 1 atom stereocenters. The average molecular weight is 262 g/mol. The fourth-order valence-electron chi connectivity index (χ4n) is 2.85. The molecule has 1 aliphatic rings. The highest BCUT2D eigenvalue weighted by molar-refractivity contribution is 5.77. The lowest BCUT2D eigenvalue weighted by Crippen LogP contribution is -2.36. The molecular formula is C14H19FN4. The Morgan fingerprint density at radius 1 is 1.47 bits per heavy atom. The Hall–Kier alpha value is -1.62. The van der Waals surface area contributed by atoms with Crippen LogP contribution in [0.4, 0.5) is 10.3 Å². The second kappa shape index (κ2) is 5.17. The second-order valence-electron chi connectivity index (χ2n) is 5.25. The summed E-state index contributed by atoms with van der Waals surface area (Å²) < 4.78 is 13.2. The summed E-state index contributed by atoms with van der Waals surface area (Å²) in [5.41, 5.74) is 7.21. The molecule has 1 aromatic heterocycles. The summed E-state index contributed by atoms with van der Waals surface area (Å²) in [6.07, 6.45) is 3.46. The molecule has 3 N–H and O–H groups in total. The van der Waals surface area contributed by atoms with Crippen LogP contribution in [0.1, 0.15) is 19.3 Å². The van der Waals surface area contributed by atoms with Crippen molar-refractivity contribution in [2.75, 3.05) is 24.5 Å². The number of nitrogens with two attached hydrogens (primary N) is 1. The van der Waals surface area contributed by atoms with Gasteiger partial charge in [-0.25, -0.2) is 9.37 Å². The zero-order valence-corrected chi connectivity index (χ0v) is 10.9. The van der Waals surface area contributed by atoms with Crippen molar-refractivity contribution in [1.82, 2.24) is 9.97 Å². The van der Waals surface area contributed by atoms with E-state index >= 15 is 0 Å². The summed E-state index contributed by atoms with van der Waals surface area (Å²) in [6, 6.07) is 4.65. The van der Waals surface area contributed by atoms with Gasteiger partial charge in [-0.1, -0.05) is 0 Å². The van der Waals surface area contributed by atoms with Crippen molar-refractivity contribution in [3.63, 3.8) is 0 Å². The van der Waals surface area contributed by atoms with E-state index in [0.29, 0.717) is 5.92 Å². The number of nitrogens with one attached hydrogen (secondary N) is 1. The Bertz CT molecular complexity index is 564. The number of anilines is 1. The van der Waals surface area contributed by atoms with Gasteiger partial charge in [-0.3, -0.25) is 0 Å². The molecule has 4 nitrogen and oxygen atoms in total. The van der Waals surface area contributed by atoms with Crippen LogP contribution in [-0.4, -0.2) is 29.6 Å². The summed E-state index contributed by atoms with van der Waals surface area (Å²) in [5.74, 6) is 1.26. The second-order valence-corrected chi connectivity index (χ2v) is 5.25. The summed E-state index contributed by atoms with van der Waals surface area (Å²) in [6.45, 7) is 2.73. The van der Waals surface area contributed by atoms with Gasteiger partial charge in [0.05, 0.1) is 11.0 Å². The van der Waals surface area contributed by atoms with Gasteiger partial charge >= 0.3 is 0 Å². The van der Waals surface area contributed by atoms with E-state index in [1.54, 1.807) is 6.07 Å². The van der Waals surface area contributed by atoms with Crippen molar-refractivity contribution in [1.29, 1.82) is 0 Å². The van der Waals surface area contributed by atoms with Crippen LogP contribution in [0, 0.1) is 11.7 Å².